The number of aryl methyl sites for hydroxylation is 1. The van der Waals surface area contributed by atoms with Crippen molar-refractivity contribution in [1.82, 2.24) is 0 Å². The van der Waals surface area contributed by atoms with Gasteiger partial charge in [-0.05, 0) is 29.2 Å². The number of halogens is 2. The van der Waals surface area contributed by atoms with Gasteiger partial charge in [0.25, 0.3) is 0 Å². The number of hydrogen-bond acceptors (Lipinski definition) is 1. The van der Waals surface area contributed by atoms with Gasteiger partial charge < -0.3 is 5.11 Å². The molecular formula is C17H18F2O. The van der Waals surface area contributed by atoms with Crippen molar-refractivity contribution < 1.29 is 13.9 Å². The van der Waals surface area contributed by atoms with E-state index in [2.05, 4.69) is 6.92 Å². The molecule has 0 spiro atoms. The van der Waals surface area contributed by atoms with Crippen LogP contribution in [-0.4, -0.2) is 5.11 Å². The second kappa shape index (κ2) is 6.62. The van der Waals surface area contributed by atoms with E-state index < -0.39 is 17.7 Å². The summed E-state index contributed by atoms with van der Waals surface area (Å²) in [5.74, 6) is -1.76. The summed E-state index contributed by atoms with van der Waals surface area (Å²) in [7, 11) is 0. The van der Waals surface area contributed by atoms with E-state index in [1.54, 1.807) is 6.07 Å². The van der Waals surface area contributed by atoms with E-state index in [-0.39, 0.29) is 12.0 Å². The third-order valence-corrected chi connectivity index (χ3v) is 3.32. The molecule has 106 valence electrons. The molecule has 2 aromatic rings. The van der Waals surface area contributed by atoms with Crippen LogP contribution in [0.3, 0.4) is 0 Å². The van der Waals surface area contributed by atoms with Crippen LogP contribution in [0.5, 0.6) is 0 Å². The van der Waals surface area contributed by atoms with Crippen molar-refractivity contribution in [1.29, 1.82) is 0 Å². The lowest BCUT2D eigenvalue weighted by Crippen LogP contribution is -2.05. The normalized spacial score (nSPS) is 12.4. The zero-order valence-corrected chi connectivity index (χ0v) is 11.4. The van der Waals surface area contributed by atoms with Crippen molar-refractivity contribution in [2.45, 2.75) is 32.3 Å². The molecule has 0 radical (unpaired) electrons. The summed E-state index contributed by atoms with van der Waals surface area (Å²) in [6.07, 6.45) is 1.20. The molecular weight excluding hydrogens is 258 g/mol. The van der Waals surface area contributed by atoms with Crippen molar-refractivity contribution in [3.05, 3.63) is 70.8 Å². The van der Waals surface area contributed by atoms with Gasteiger partial charge in [0.05, 0.1) is 6.10 Å². The fourth-order valence-corrected chi connectivity index (χ4v) is 2.28. The molecule has 0 aliphatic rings. The minimum Gasteiger partial charge on any atom is -0.388 e. The van der Waals surface area contributed by atoms with Crippen LogP contribution in [0.4, 0.5) is 8.78 Å². The van der Waals surface area contributed by atoms with Crippen molar-refractivity contribution >= 4 is 0 Å². The molecule has 1 nitrogen and oxygen atoms in total. The van der Waals surface area contributed by atoms with Crippen LogP contribution < -0.4 is 0 Å². The highest BCUT2D eigenvalue weighted by atomic mass is 19.2. The lowest BCUT2D eigenvalue weighted by atomic mass is 9.98. The van der Waals surface area contributed by atoms with Gasteiger partial charge in [0, 0.05) is 6.42 Å². The molecule has 3 heteroatoms. The number of aliphatic hydroxyl groups is 1. The van der Waals surface area contributed by atoms with Gasteiger partial charge in [-0.15, -0.1) is 0 Å². The Balaban J connectivity index is 2.17. The molecule has 2 aromatic carbocycles. The summed E-state index contributed by atoms with van der Waals surface area (Å²) in [4.78, 5) is 0. The largest absolute Gasteiger partial charge is 0.388 e. The van der Waals surface area contributed by atoms with Crippen LogP contribution in [0.1, 0.15) is 36.1 Å². The fourth-order valence-electron chi connectivity index (χ4n) is 2.28. The molecule has 2 rings (SSSR count). The highest BCUT2D eigenvalue weighted by molar-refractivity contribution is 5.28. The maximum Gasteiger partial charge on any atom is 0.162 e. The lowest BCUT2D eigenvalue weighted by molar-refractivity contribution is 0.176. The summed E-state index contributed by atoms with van der Waals surface area (Å²) < 4.78 is 26.7. The SMILES string of the molecule is CCCc1cccc(C(O)Cc2cccc(F)c2F)c1. The van der Waals surface area contributed by atoms with Crippen LogP contribution in [0.25, 0.3) is 0 Å². The molecule has 0 aliphatic heterocycles. The van der Waals surface area contributed by atoms with Crippen molar-refractivity contribution in [3.63, 3.8) is 0 Å². The average molecular weight is 276 g/mol. The summed E-state index contributed by atoms with van der Waals surface area (Å²) in [5, 5.41) is 10.2. The standard InChI is InChI=1S/C17H18F2O/c1-2-5-12-6-3-7-13(10-12)16(20)11-14-8-4-9-15(18)17(14)19/h3-4,6-10,16,20H,2,5,11H2,1H3. The zero-order valence-electron chi connectivity index (χ0n) is 11.4. The van der Waals surface area contributed by atoms with Gasteiger partial charge in [-0.3, -0.25) is 0 Å². The first kappa shape index (κ1) is 14.7. The summed E-state index contributed by atoms with van der Waals surface area (Å²) in [6.45, 7) is 2.09. The van der Waals surface area contributed by atoms with Crippen LogP contribution in [0, 0.1) is 11.6 Å². The highest BCUT2D eigenvalue weighted by Crippen LogP contribution is 2.22. The quantitative estimate of drug-likeness (QED) is 0.868. The van der Waals surface area contributed by atoms with E-state index in [9.17, 15) is 13.9 Å². The Morgan fingerprint density at radius 3 is 2.60 bits per heavy atom. The molecule has 0 fully saturated rings. The Bertz CT molecular complexity index is 581. The van der Waals surface area contributed by atoms with Gasteiger partial charge in [0.2, 0.25) is 0 Å². The van der Waals surface area contributed by atoms with Crippen LogP contribution in [0.15, 0.2) is 42.5 Å². The highest BCUT2D eigenvalue weighted by Gasteiger charge is 2.14. The van der Waals surface area contributed by atoms with Crippen LogP contribution >= 0.6 is 0 Å². The molecule has 1 unspecified atom stereocenters. The van der Waals surface area contributed by atoms with Gasteiger partial charge >= 0.3 is 0 Å². The maximum atomic E-state index is 13.6. The van der Waals surface area contributed by atoms with Gasteiger partial charge in [0.1, 0.15) is 0 Å². The molecule has 0 amide bonds. The molecule has 0 saturated heterocycles. The van der Waals surface area contributed by atoms with E-state index in [0.29, 0.717) is 0 Å². The number of hydrogen-bond donors (Lipinski definition) is 1. The average Bonchev–Trinajstić information content (AvgIpc) is 2.44. The van der Waals surface area contributed by atoms with E-state index in [1.807, 2.05) is 18.2 Å². The first-order valence-electron chi connectivity index (χ1n) is 6.81. The third-order valence-electron chi connectivity index (χ3n) is 3.32. The van der Waals surface area contributed by atoms with Gasteiger partial charge in [0.15, 0.2) is 11.6 Å². The molecule has 1 atom stereocenters. The molecule has 1 N–H and O–H groups in total. The monoisotopic (exact) mass is 276 g/mol. The van der Waals surface area contributed by atoms with Crippen LogP contribution in [0.2, 0.25) is 0 Å². The second-order valence-electron chi connectivity index (χ2n) is 4.93. The minimum atomic E-state index is -0.880. The first-order chi connectivity index (χ1) is 9.61. The van der Waals surface area contributed by atoms with Gasteiger partial charge in [-0.2, -0.15) is 0 Å². The smallest absolute Gasteiger partial charge is 0.162 e. The van der Waals surface area contributed by atoms with Crippen molar-refractivity contribution in [2.75, 3.05) is 0 Å². The minimum absolute atomic E-state index is 0.0686. The van der Waals surface area contributed by atoms with Crippen molar-refractivity contribution in [2.24, 2.45) is 0 Å². The Kier molecular flexibility index (Phi) is 4.85. The second-order valence-corrected chi connectivity index (χ2v) is 4.93. The number of aliphatic hydroxyl groups excluding tert-OH is 1. The Hall–Kier alpha value is -1.74. The lowest BCUT2D eigenvalue weighted by Gasteiger charge is -2.13. The third kappa shape index (κ3) is 3.42. The Morgan fingerprint density at radius 1 is 1.10 bits per heavy atom. The topological polar surface area (TPSA) is 20.2 Å². The molecule has 0 saturated carbocycles. The van der Waals surface area contributed by atoms with Crippen LogP contribution in [-0.2, 0) is 12.8 Å². The Morgan fingerprint density at radius 2 is 1.85 bits per heavy atom. The molecule has 0 bridgehead atoms. The van der Waals surface area contributed by atoms with Gasteiger partial charge in [-0.1, -0.05) is 49.7 Å². The number of benzene rings is 2. The zero-order chi connectivity index (χ0) is 14.5. The predicted molar refractivity (Wildman–Crippen MR) is 75.5 cm³/mol. The maximum absolute atomic E-state index is 13.6. The Labute approximate surface area is 117 Å². The fraction of sp³-hybridized carbons (Fsp3) is 0.294. The van der Waals surface area contributed by atoms with E-state index >= 15 is 0 Å². The predicted octanol–water partition coefficient (Wildman–Crippen LogP) is 4.19. The summed E-state index contributed by atoms with van der Waals surface area (Å²) in [6, 6.07) is 11.6. The molecule has 20 heavy (non-hydrogen) atoms. The molecule has 0 aromatic heterocycles. The van der Waals surface area contributed by atoms with E-state index in [1.165, 1.54) is 12.1 Å². The van der Waals surface area contributed by atoms with E-state index in [4.69, 9.17) is 0 Å². The first-order valence-corrected chi connectivity index (χ1v) is 6.81. The van der Waals surface area contributed by atoms with E-state index in [0.717, 1.165) is 30.0 Å². The summed E-state index contributed by atoms with van der Waals surface area (Å²) in [5.41, 5.74) is 2.07. The van der Waals surface area contributed by atoms with Gasteiger partial charge in [-0.25, -0.2) is 8.78 Å². The summed E-state index contributed by atoms with van der Waals surface area (Å²) >= 11 is 0. The molecule has 0 heterocycles. The van der Waals surface area contributed by atoms with Crippen molar-refractivity contribution in [3.8, 4) is 0 Å². The number of rotatable bonds is 5. The molecule has 0 aliphatic carbocycles.